The summed E-state index contributed by atoms with van der Waals surface area (Å²) in [5.74, 6) is 0.169. The van der Waals surface area contributed by atoms with Crippen LogP contribution >= 0.6 is 11.6 Å². The SMILES string of the molecule is COc1cc(CNCc2cn3c(C)cccc3n2)cc(Cl)c1OCC(N)=O. The van der Waals surface area contributed by atoms with Crippen LogP contribution in [0.5, 0.6) is 11.5 Å². The van der Waals surface area contributed by atoms with Crippen LogP contribution in [0.3, 0.4) is 0 Å². The van der Waals surface area contributed by atoms with E-state index < -0.39 is 5.91 Å². The van der Waals surface area contributed by atoms with Gasteiger partial charge in [-0.05, 0) is 36.8 Å². The Labute approximate surface area is 162 Å². The molecule has 27 heavy (non-hydrogen) atoms. The van der Waals surface area contributed by atoms with E-state index in [1.165, 1.54) is 7.11 Å². The summed E-state index contributed by atoms with van der Waals surface area (Å²) in [6, 6.07) is 9.59. The lowest BCUT2D eigenvalue weighted by molar-refractivity contribution is -0.119. The van der Waals surface area contributed by atoms with Gasteiger partial charge in [-0.3, -0.25) is 4.79 Å². The second-order valence-corrected chi connectivity index (χ2v) is 6.50. The van der Waals surface area contributed by atoms with Crippen molar-refractivity contribution in [1.29, 1.82) is 0 Å². The van der Waals surface area contributed by atoms with Crippen LogP contribution in [0.15, 0.2) is 36.5 Å². The van der Waals surface area contributed by atoms with Crippen molar-refractivity contribution in [2.24, 2.45) is 5.73 Å². The fraction of sp³-hybridized carbons (Fsp3) is 0.263. The topological polar surface area (TPSA) is 90.9 Å². The largest absolute Gasteiger partial charge is 0.493 e. The number of ether oxygens (including phenoxy) is 2. The van der Waals surface area contributed by atoms with Crippen molar-refractivity contribution in [3.8, 4) is 11.5 Å². The summed E-state index contributed by atoms with van der Waals surface area (Å²) >= 11 is 6.26. The average Bonchev–Trinajstić information content (AvgIpc) is 3.04. The van der Waals surface area contributed by atoms with E-state index in [2.05, 4.69) is 14.7 Å². The van der Waals surface area contributed by atoms with Crippen molar-refractivity contribution in [2.75, 3.05) is 13.7 Å². The van der Waals surface area contributed by atoms with E-state index in [0.717, 1.165) is 22.6 Å². The molecule has 142 valence electrons. The predicted molar refractivity (Wildman–Crippen MR) is 103 cm³/mol. The summed E-state index contributed by atoms with van der Waals surface area (Å²) in [4.78, 5) is 15.5. The molecule has 8 heteroatoms. The van der Waals surface area contributed by atoms with Crippen LogP contribution in [-0.2, 0) is 17.9 Å². The Morgan fingerprint density at radius 2 is 2.15 bits per heavy atom. The molecule has 0 unspecified atom stereocenters. The maximum absolute atomic E-state index is 10.9. The van der Waals surface area contributed by atoms with Crippen molar-refractivity contribution in [3.63, 3.8) is 0 Å². The van der Waals surface area contributed by atoms with Gasteiger partial charge in [-0.2, -0.15) is 0 Å². The molecule has 3 aromatic rings. The zero-order valence-corrected chi connectivity index (χ0v) is 15.9. The highest BCUT2D eigenvalue weighted by Crippen LogP contribution is 2.36. The average molecular weight is 389 g/mol. The summed E-state index contributed by atoms with van der Waals surface area (Å²) < 4.78 is 12.7. The first-order valence-electron chi connectivity index (χ1n) is 8.39. The number of carbonyl (C=O) groups is 1. The number of nitrogens with two attached hydrogens (primary N) is 1. The Morgan fingerprint density at radius 3 is 2.85 bits per heavy atom. The Bertz CT molecular complexity index is 971. The Kier molecular flexibility index (Phi) is 5.83. The van der Waals surface area contributed by atoms with Gasteiger partial charge >= 0.3 is 0 Å². The maximum atomic E-state index is 10.9. The molecule has 0 fully saturated rings. The zero-order chi connectivity index (χ0) is 19.4. The molecule has 0 aliphatic heterocycles. The smallest absolute Gasteiger partial charge is 0.255 e. The van der Waals surface area contributed by atoms with Crippen LogP contribution in [0.4, 0.5) is 0 Å². The summed E-state index contributed by atoms with van der Waals surface area (Å²) in [7, 11) is 1.51. The lowest BCUT2D eigenvalue weighted by Crippen LogP contribution is -2.20. The Hall–Kier alpha value is -2.77. The number of nitrogens with one attached hydrogen (secondary N) is 1. The van der Waals surface area contributed by atoms with Crippen LogP contribution in [0.1, 0.15) is 17.0 Å². The highest BCUT2D eigenvalue weighted by Gasteiger charge is 2.13. The molecule has 2 heterocycles. The van der Waals surface area contributed by atoms with Crippen molar-refractivity contribution in [1.82, 2.24) is 14.7 Å². The molecule has 0 saturated heterocycles. The fourth-order valence-electron chi connectivity index (χ4n) is 2.78. The molecular weight excluding hydrogens is 368 g/mol. The molecule has 1 aromatic carbocycles. The molecule has 0 aliphatic rings. The molecule has 0 atom stereocenters. The van der Waals surface area contributed by atoms with Crippen LogP contribution in [0, 0.1) is 6.92 Å². The number of nitrogens with zero attached hydrogens (tertiary/aromatic N) is 2. The number of aromatic nitrogens is 2. The van der Waals surface area contributed by atoms with Gasteiger partial charge in [0, 0.05) is 25.0 Å². The highest BCUT2D eigenvalue weighted by molar-refractivity contribution is 6.32. The molecule has 3 rings (SSSR count). The van der Waals surface area contributed by atoms with Crippen LogP contribution < -0.4 is 20.5 Å². The van der Waals surface area contributed by atoms with Gasteiger partial charge < -0.3 is 24.9 Å². The monoisotopic (exact) mass is 388 g/mol. The Morgan fingerprint density at radius 1 is 1.33 bits per heavy atom. The van der Waals surface area contributed by atoms with Crippen molar-refractivity contribution >= 4 is 23.2 Å². The molecule has 3 N–H and O–H groups in total. The van der Waals surface area contributed by atoms with Crippen LogP contribution in [-0.4, -0.2) is 29.0 Å². The molecule has 0 saturated carbocycles. The number of hydrogen-bond donors (Lipinski definition) is 2. The first-order chi connectivity index (χ1) is 13.0. The third-order valence-electron chi connectivity index (χ3n) is 4.03. The minimum absolute atomic E-state index is 0.263. The molecule has 0 bridgehead atoms. The molecular formula is C19H21ClN4O3. The Balaban J connectivity index is 1.67. The van der Waals surface area contributed by atoms with Gasteiger partial charge in [0.1, 0.15) is 5.65 Å². The summed E-state index contributed by atoms with van der Waals surface area (Å²) in [5, 5.41) is 3.70. The standard InChI is InChI=1S/C19H21ClN4O3/c1-12-4-3-5-18-23-14(10-24(12)18)9-22-8-13-6-15(20)19(16(7-13)26-2)27-11-17(21)25/h3-7,10,22H,8-9,11H2,1-2H3,(H2,21,25). The highest BCUT2D eigenvalue weighted by atomic mass is 35.5. The van der Waals surface area contributed by atoms with Gasteiger partial charge in [-0.1, -0.05) is 17.7 Å². The molecule has 2 aromatic heterocycles. The maximum Gasteiger partial charge on any atom is 0.255 e. The minimum atomic E-state index is -0.582. The molecule has 7 nitrogen and oxygen atoms in total. The number of rotatable bonds is 8. The van der Waals surface area contributed by atoms with E-state index in [9.17, 15) is 4.79 Å². The van der Waals surface area contributed by atoms with E-state index in [1.54, 1.807) is 6.07 Å². The molecule has 0 aliphatic carbocycles. The number of hydrogen-bond acceptors (Lipinski definition) is 5. The first-order valence-corrected chi connectivity index (χ1v) is 8.77. The van der Waals surface area contributed by atoms with Gasteiger partial charge in [0.25, 0.3) is 5.91 Å². The number of primary amides is 1. The van der Waals surface area contributed by atoms with E-state index >= 15 is 0 Å². The fourth-order valence-corrected chi connectivity index (χ4v) is 3.07. The van der Waals surface area contributed by atoms with Gasteiger partial charge in [0.15, 0.2) is 18.1 Å². The lowest BCUT2D eigenvalue weighted by Gasteiger charge is -2.13. The number of pyridine rings is 1. The zero-order valence-electron chi connectivity index (χ0n) is 15.2. The number of benzene rings is 1. The van der Waals surface area contributed by atoms with E-state index in [4.69, 9.17) is 26.8 Å². The second kappa shape index (κ2) is 8.28. The number of aryl methyl sites for hydroxylation is 1. The summed E-state index contributed by atoms with van der Waals surface area (Å²) in [6.07, 6.45) is 2.02. The first kappa shape index (κ1) is 19.0. The number of methoxy groups -OCH3 is 1. The summed E-state index contributed by atoms with van der Waals surface area (Å²) in [6.45, 7) is 2.96. The molecule has 0 spiro atoms. The molecule has 0 radical (unpaired) electrons. The predicted octanol–water partition coefficient (Wildman–Crippen LogP) is 2.46. The quantitative estimate of drug-likeness (QED) is 0.618. The van der Waals surface area contributed by atoms with Crippen molar-refractivity contribution in [3.05, 3.63) is 58.5 Å². The van der Waals surface area contributed by atoms with Gasteiger partial charge in [0.05, 0.1) is 17.8 Å². The van der Waals surface area contributed by atoms with Crippen molar-refractivity contribution < 1.29 is 14.3 Å². The van der Waals surface area contributed by atoms with Crippen LogP contribution in [0.25, 0.3) is 5.65 Å². The second-order valence-electron chi connectivity index (χ2n) is 6.10. The number of fused-ring (bicyclic) bond motifs is 1. The third-order valence-corrected chi connectivity index (χ3v) is 4.31. The number of amides is 1. The minimum Gasteiger partial charge on any atom is -0.493 e. The van der Waals surface area contributed by atoms with Crippen LogP contribution in [0.2, 0.25) is 5.02 Å². The third kappa shape index (κ3) is 4.50. The number of imidazole rings is 1. The normalized spacial score (nSPS) is 10.9. The van der Waals surface area contributed by atoms with Crippen molar-refractivity contribution in [2.45, 2.75) is 20.0 Å². The van der Waals surface area contributed by atoms with Gasteiger partial charge in [-0.15, -0.1) is 0 Å². The van der Waals surface area contributed by atoms with E-state index in [-0.39, 0.29) is 6.61 Å². The molecule has 1 amide bonds. The number of halogens is 1. The lowest BCUT2D eigenvalue weighted by atomic mass is 10.2. The number of carbonyl (C=O) groups excluding carboxylic acids is 1. The van der Waals surface area contributed by atoms with Gasteiger partial charge in [-0.25, -0.2) is 4.98 Å². The van der Waals surface area contributed by atoms with Gasteiger partial charge in [0.2, 0.25) is 0 Å². The summed E-state index contributed by atoms with van der Waals surface area (Å²) in [5.41, 5.74) is 9.03. The van der Waals surface area contributed by atoms with E-state index in [1.807, 2.05) is 37.4 Å². The van der Waals surface area contributed by atoms with E-state index in [0.29, 0.717) is 29.6 Å².